The maximum absolute atomic E-state index is 12.9. The maximum Gasteiger partial charge on any atom is 0.255 e. The molecule has 0 saturated carbocycles. The van der Waals surface area contributed by atoms with E-state index in [-0.39, 0.29) is 11.8 Å². The average molecular weight is 384 g/mol. The predicted molar refractivity (Wildman–Crippen MR) is 111 cm³/mol. The summed E-state index contributed by atoms with van der Waals surface area (Å²) in [6.07, 6.45) is 5.40. The van der Waals surface area contributed by atoms with Crippen LogP contribution in [-0.2, 0) is 7.05 Å². The number of aryl methyl sites for hydroxylation is 1. The Balaban J connectivity index is 1.68. The lowest BCUT2D eigenvalue weighted by Gasteiger charge is -2.13. The number of nitriles is 1. The molecule has 29 heavy (non-hydrogen) atoms. The highest BCUT2D eigenvalue weighted by Gasteiger charge is 2.16. The number of nitrogens with one attached hydrogen (secondary N) is 1. The summed E-state index contributed by atoms with van der Waals surface area (Å²) in [6.45, 7) is 4.01. The van der Waals surface area contributed by atoms with Crippen molar-refractivity contribution in [1.82, 2.24) is 19.6 Å². The van der Waals surface area contributed by atoms with Gasteiger partial charge in [-0.1, -0.05) is 13.8 Å². The smallest absolute Gasteiger partial charge is 0.255 e. The molecule has 0 bridgehead atoms. The number of hydrogen-bond acceptors (Lipinski definition) is 4. The Hall–Kier alpha value is -3.92. The van der Waals surface area contributed by atoms with Gasteiger partial charge in [-0.3, -0.25) is 9.48 Å². The van der Waals surface area contributed by atoms with Gasteiger partial charge in [0, 0.05) is 23.7 Å². The molecule has 4 rings (SSSR count). The van der Waals surface area contributed by atoms with E-state index < -0.39 is 0 Å². The van der Waals surface area contributed by atoms with E-state index in [1.165, 1.54) is 0 Å². The average Bonchev–Trinajstić information content (AvgIpc) is 3.32. The van der Waals surface area contributed by atoms with Gasteiger partial charge < -0.3 is 5.32 Å². The molecule has 0 aliphatic carbocycles. The predicted octanol–water partition coefficient (Wildman–Crippen LogP) is 4.01. The molecule has 4 aromatic rings. The standard InChI is InChI=1S/C22H20N6O/c1-14(2)20-8-15(10-23)4-7-19(20)22(29)26-17-6-5-16-11-25-28(21(16)9-17)18-12-24-27(3)13-18/h4-9,11-14H,1-3H3,(H,26,29). The van der Waals surface area contributed by atoms with Crippen LogP contribution in [0.5, 0.6) is 0 Å². The number of anilines is 1. The van der Waals surface area contributed by atoms with Crippen LogP contribution in [0.25, 0.3) is 16.6 Å². The lowest BCUT2D eigenvalue weighted by molar-refractivity contribution is 0.102. The van der Waals surface area contributed by atoms with Crippen LogP contribution >= 0.6 is 0 Å². The molecule has 7 heteroatoms. The van der Waals surface area contributed by atoms with Crippen molar-refractivity contribution in [2.75, 3.05) is 5.32 Å². The summed E-state index contributed by atoms with van der Waals surface area (Å²) < 4.78 is 3.51. The highest BCUT2D eigenvalue weighted by atomic mass is 16.1. The number of carbonyl (C=O) groups is 1. The zero-order chi connectivity index (χ0) is 20.5. The van der Waals surface area contributed by atoms with Gasteiger partial charge in [0.25, 0.3) is 5.91 Å². The third-order valence-corrected chi connectivity index (χ3v) is 4.81. The van der Waals surface area contributed by atoms with Gasteiger partial charge in [0.1, 0.15) is 5.69 Å². The van der Waals surface area contributed by atoms with E-state index in [2.05, 4.69) is 21.6 Å². The number of rotatable bonds is 4. The summed E-state index contributed by atoms with van der Waals surface area (Å²) in [5, 5.41) is 21.7. The summed E-state index contributed by atoms with van der Waals surface area (Å²) in [6, 6.07) is 13.0. The zero-order valence-electron chi connectivity index (χ0n) is 16.4. The van der Waals surface area contributed by atoms with Crippen LogP contribution in [0.1, 0.15) is 41.3 Å². The topological polar surface area (TPSA) is 88.5 Å². The fraction of sp³-hybridized carbons (Fsp3) is 0.182. The Labute approximate surface area is 168 Å². The van der Waals surface area contributed by atoms with Crippen molar-refractivity contribution in [3.63, 3.8) is 0 Å². The van der Waals surface area contributed by atoms with Gasteiger partial charge in [0.2, 0.25) is 0 Å². The second-order valence-corrected chi connectivity index (χ2v) is 7.22. The Morgan fingerprint density at radius 3 is 2.66 bits per heavy atom. The molecular weight excluding hydrogens is 364 g/mol. The highest BCUT2D eigenvalue weighted by Crippen LogP contribution is 2.25. The van der Waals surface area contributed by atoms with Crippen LogP contribution in [0.15, 0.2) is 55.0 Å². The number of nitrogens with zero attached hydrogens (tertiary/aromatic N) is 5. The van der Waals surface area contributed by atoms with Crippen LogP contribution in [0, 0.1) is 11.3 Å². The van der Waals surface area contributed by atoms with Crippen molar-refractivity contribution in [2.24, 2.45) is 7.05 Å². The van der Waals surface area contributed by atoms with Gasteiger partial charge in [-0.2, -0.15) is 15.5 Å². The Kier molecular flexibility index (Phi) is 4.61. The molecule has 1 N–H and O–H groups in total. The van der Waals surface area contributed by atoms with E-state index in [0.29, 0.717) is 16.8 Å². The second kappa shape index (κ2) is 7.24. The number of benzene rings is 2. The Bertz CT molecular complexity index is 1260. The largest absolute Gasteiger partial charge is 0.322 e. The van der Waals surface area contributed by atoms with Crippen LogP contribution in [0.2, 0.25) is 0 Å². The van der Waals surface area contributed by atoms with Crippen molar-refractivity contribution >= 4 is 22.5 Å². The SMILES string of the molecule is CC(C)c1cc(C#N)ccc1C(=O)Nc1ccc2cnn(-c3cnn(C)c3)c2c1. The van der Waals surface area contributed by atoms with Gasteiger partial charge in [-0.25, -0.2) is 4.68 Å². The molecule has 2 aromatic heterocycles. The first-order valence-corrected chi connectivity index (χ1v) is 9.28. The molecule has 0 spiro atoms. The molecule has 0 fully saturated rings. The molecule has 2 aromatic carbocycles. The molecule has 0 aliphatic heterocycles. The van der Waals surface area contributed by atoms with Crippen LogP contribution < -0.4 is 5.32 Å². The van der Waals surface area contributed by atoms with Gasteiger partial charge >= 0.3 is 0 Å². The number of carbonyl (C=O) groups excluding carboxylic acids is 1. The summed E-state index contributed by atoms with van der Waals surface area (Å²) >= 11 is 0. The minimum atomic E-state index is -0.204. The van der Waals surface area contributed by atoms with Crippen molar-refractivity contribution in [1.29, 1.82) is 5.26 Å². The number of fused-ring (bicyclic) bond motifs is 1. The van der Waals surface area contributed by atoms with Gasteiger partial charge in [0.15, 0.2) is 0 Å². The summed E-state index contributed by atoms with van der Waals surface area (Å²) in [5.41, 5.74) is 4.36. The first-order chi connectivity index (χ1) is 14.0. The van der Waals surface area contributed by atoms with Gasteiger partial charge in [-0.05, 0) is 47.9 Å². The molecule has 0 radical (unpaired) electrons. The maximum atomic E-state index is 12.9. The number of aromatic nitrogens is 4. The molecule has 0 aliphatic rings. The number of amides is 1. The third kappa shape index (κ3) is 3.48. The first-order valence-electron chi connectivity index (χ1n) is 9.28. The Morgan fingerprint density at radius 1 is 1.14 bits per heavy atom. The molecule has 7 nitrogen and oxygen atoms in total. The molecule has 1 amide bonds. The summed E-state index contributed by atoms with van der Waals surface area (Å²) in [4.78, 5) is 12.9. The minimum absolute atomic E-state index is 0.124. The van der Waals surface area contributed by atoms with E-state index in [1.807, 2.05) is 45.3 Å². The van der Waals surface area contributed by atoms with E-state index in [1.54, 1.807) is 40.0 Å². The summed E-state index contributed by atoms with van der Waals surface area (Å²) in [5.74, 6) is -0.0801. The lowest BCUT2D eigenvalue weighted by Crippen LogP contribution is -2.15. The van der Waals surface area contributed by atoms with Crippen molar-refractivity contribution in [2.45, 2.75) is 19.8 Å². The minimum Gasteiger partial charge on any atom is -0.322 e. The van der Waals surface area contributed by atoms with Gasteiger partial charge in [-0.15, -0.1) is 0 Å². The van der Waals surface area contributed by atoms with Crippen LogP contribution in [-0.4, -0.2) is 25.5 Å². The van der Waals surface area contributed by atoms with Crippen LogP contribution in [0.4, 0.5) is 5.69 Å². The molecule has 0 atom stereocenters. The first kappa shape index (κ1) is 18.4. The third-order valence-electron chi connectivity index (χ3n) is 4.81. The zero-order valence-corrected chi connectivity index (χ0v) is 16.4. The van der Waals surface area contributed by atoms with Crippen molar-refractivity contribution in [3.8, 4) is 11.8 Å². The monoisotopic (exact) mass is 384 g/mol. The van der Waals surface area contributed by atoms with E-state index in [4.69, 9.17) is 5.26 Å². The highest BCUT2D eigenvalue weighted by molar-refractivity contribution is 6.06. The van der Waals surface area contributed by atoms with E-state index in [9.17, 15) is 4.79 Å². The molecule has 144 valence electrons. The van der Waals surface area contributed by atoms with Crippen LogP contribution in [0.3, 0.4) is 0 Å². The van der Waals surface area contributed by atoms with E-state index >= 15 is 0 Å². The van der Waals surface area contributed by atoms with Crippen molar-refractivity contribution < 1.29 is 4.79 Å². The quantitative estimate of drug-likeness (QED) is 0.576. The fourth-order valence-corrected chi connectivity index (χ4v) is 3.33. The molecule has 0 saturated heterocycles. The fourth-order valence-electron chi connectivity index (χ4n) is 3.33. The molecular formula is C22H20N6O. The Morgan fingerprint density at radius 2 is 1.97 bits per heavy atom. The normalized spacial score (nSPS) is 11.0. The van der Waals surface area contributed by atoms with Crippen molar-refractivity contribution in [3.05, 3.63) is 71.7 Å². The summed E-state index contributed by atoms with van der Waals surface area (Å²) in [7, 11) is 1.85. The number of hydrogen-bond donors (Lipinski definition) is 1. The molecule has 0 unspecified atom stereocenters. The second-order valence-electron chi connectivity index (χ2n) is 7.22. The lowest BCUT2D eigenvalue weighted by atomic mass is 9.94. The van der Waals surface area contributed by atoms with Gasteiger partial charge in [0.05, 0.1) is 35.7 Å². The molecule has 2 heterocycles. The van der Waals surface area contributed by atoms with E-state index in [0.717, 1.165) is 22.2 Å².